The molecule has 3 rings (SSSR count). The largest absolute Gasteiger partial charge is 0.493 e. The van der Waals surface area contributed by atoms with Crippen LogP contribution in [0.3, 0.4) is 0 Å². The Morgan fingerprint density at radius 1 is 1.29 bits per heavy atom. The number of nitrogens with one attached hydrogen (secondary N) is 1. The number of carbonyl (C=O) groups excluding carboxylic acids is 1. The minimum absolute atomic E-state index is 0.197. The number of amides is 1. The van der Waals surface area contributed by atoms with E-state index in [2.05, 4.69) is 10.3 Å². The molecule has 3 aromatic rings. The molecule has 0 fully saturated rings. The average molecular weight is 285 g/mol. The van der Waals surface area contributed by atoms with Crippen molar-refractivity contribution in [3.8, 4) is 16.9 Å². The van der Waals surface area contributed by atoms with Crippen molar-refractivity contribution in [3.63, 3.8) is 0 Å². The second kappa shape index (κ2) is 5.24. The highest BCUT2D eigenvalue weighted by Gasteiger charge is 2.11. The Hall–Kier alpha value is -2.89. The zero-order valence-electron chi connectivity index (χ0n) is 11.2. The zero-order chi connectivity index (χ0) is 14.8. The van der Waals surface area contributed by atoms with E-state index in [0.29, 0.717) is 23.4 Å². The fourth-order valence-electron chi connectivity index (χ4n) is 2.22. The molecule has 0 saturated carbocycles. The maximum Gasteiger partial charge on any atom is 0.212 e. The first-order valence-electron chi connectivity index (χ1n) is 6.25. The Morgan fingerprint density at radius 3 is 2.90 bits per heavy atom. The van der Waals surface area contributed by atoms with Crippen LogP contribution < -0.4 is 10.1 Å². The third kappa shape index (κ3) is 2.31. The number of hydrogen-bond acceptors (Lipinski definition) is 3. The van der Waals surface area contributed by atoms with Gasteiger partial charge in [0.25, 0.3) is 0 Å². The second-order valence-corrected chi connectivity index (χ2v) is 4.39. The van der Waals surface area contributed by atoms with Crippen LogP contribution in [-0.2, 0) is 4.79 Å². The van der Waals surface area contributed by atoms with Crippen molar-refractivity contribution in [1.29, 1.82) is 0 Å². The van der Waals surface area contributed by atoms with Crippen molar-refractivity contribution in [1.82, 2.24) is 9.38 Å². The molecule has 0 aliphatic heterocycles. The highest BCUT2D eigenvalue weighted by atomic mass is 19.1. The summed E-state index contributed by atoms with van der Waals surface area (Å²) < 4.78 is 20.6. The van der Waals surface area contributed by atoms with Crippen LogP contribution in [0.25, 0.3) is 16.8 Å². The van der Waals surface area contributed by atoms with E-state index in [1.807, 2.05) is 6.07 Å². The first-order valence-corrected chi connectivity index (χ1v) is 6.25. The van der Waals surface area contributed by atoms with E-state index in [-0.39, 0.29) is 5.75 Å². The van der Waals surface area contributed by atoms with Crippen LogP contribution in [0.4, 0.5) is 10.2 Å². The smallest absolute Gasteiger partial charge is 0.212 e. The molecule has 1 N–H and O–H groups in total. The summed E-state index contributed by atoms with van der Waals surface area (Å²) in [5.74, 6) is 0.237. The van der Waals surface area contributed by atoms with E-state index in [4.69, 9.17) is 4.74 Å². The molecule has 2 heterocycles. The number of fused-ring (bicyclic) bond motifs is 1. The van der Waals surface area contributed by atoms with Gasteiger partial charge in [0.15, 0.2) is 17.4 Å². The Balaban J connectivity index is 2.12. The summed E-state index contributed by atoms with van der Waals surface area (Å²) in [5, 5.41) is 2.49. The number of aromatic nitrogens is 2. The van der Waals surface area contributed by atoms with Gasteiger partial charge in [0.1, 0.15) is 5.65 Å². The van der Waals surface area contributed by atoms with Crippen molar-refractivity contribution in [3.05, 3.63) is 48.5 Å². The average Bonchev–Trinajstić information content (AvgIpc) is 2.88. The van der Waals surface area contributed by atoms with Gasteiger partial charge in [-0.3, -0.25) is 4.79 Å². The highest BCUT2D eigenvalue weighted by Crippen LogP contribution is 2.32. The number of carbonyl (C=O) groups is 1. The molecule has 1 aromatic carbocycles. The quantitative estimate of drug-likeness (QED) is 0.750. The summed E-state index contributed by atoms with van der Waals surface area (Å²) in [6, 6.07) is 8.37. The first-order chi connectivity index (χ1) is 10.2. The van der Waals surface area contributed by atoms with E-state index in [9.17, 15) is 9.18 Å². The maximum atomic E-state index is 13.8. The number of benzene rings is 1. The van der Waals surface area contributed by atoms with E-state index in [1.54, 1.807) is 35.0 Å². The molecule has 6 heteroatoms. The van der Waals surface area contributed by atoms with Gasteiger partial charge >= 0.3 is 0 Å². The fourth-order valence-corrected chi connectivity index (χ4v) is 2.22. The summed E-state index contributed by atoms with van der Waals surface area (Å²) in [5.41, 5.74) is 2.12. The number of methoxy groups -OCH3 is 1. The SMILES string of the molecule is COc1c(F)cccc1-c1ccc2nc(NC=O)cn2c1. The van der Waals surface area contributed by atoms with Crippen molar-refractivity contribution in [2.24, 2.45) is 0 Å². The van der Waals surface area contributed by atoms with Crippen LogP contribution in [0, 0.1) is 5.82 Å². The molecule has 0 spiro atoms. The Labute approximate surface area is 120 Å². The predicted octanol–water partition coefficient (Wildman–Crippen LogP) is 2.72. The third-order valence-corrected chi connectivity index (χ3v) is 3.14. The van der Waals surface area contributed by atoms with Gasteiger partial charge in [-0.15, -0.1) is 0 Å². The fraction of sp³-hybridized carbons (Fsp3) is 0.0667. The number of imidazole rings is 1. The zero-order valence-corrected chi connectivity index (χ0v) is 11.2. The predicted molar refractivity (Wildman–Crippen MR) is 76.8 cm³/mol. The van der Waals surface area contributed by atoms with Crippen LogP contribution in [0.5, 0.6) is 5.75 Å². The van der Waals surface area contributed by atoms with E-state index in [1.165, 1.54) is 13.2 Å². The van der Waals surface area contributed by atoms with Gasteiger partial charge in [-0.05, 0) is 18.2 Å². The van der Waals surface area contributed by atoms with E-state index < -0.39 is 5.82 Å². The molecular formula is C15H12FN3O2. The lowest BCUT2D eigenvalue weighted by molar-refractivity contribution is -0.105. The third-order valence-electron chi connectivity index (χ3n) is 3.14. The molecule has 0 aliphatic carbocycles. The number of ether oxygens (including phenoxy) is 1. The molecule has 21 heavy (non-hydrogen) atoms. The van der Waals surface area contributed by atoms with Crippen LogP contribution in [0.2, 0.25) is 0 Å². The van der Waals surface area contributed by atoms with Gasteiger partial charge in [-0.2, -0.15) is 0 Å². The standard InChI is InChI=1S/C15H12FN3O2/c1-21-15-11(3-2-4-12(15)16)10-5-6-14-18-13(17-9-20)8-19(14)7-10/h2-9H,1H3,(H,17,20). The summed E-state index contributed by atoms with van der Waals surface area (Å²) in [4.78, 5) is 14.7. The van der Waals surface area contributed by atoms with Gasteiger partial charge in [0, 0.05) is 17.3 Å². The van der Waals surface area contributed by atoms with Crippen LogP contribution in [0.15, 0.2) is 42.7 Å². The highest BCUT2D eigenvalue weighted by molar-refractivity contribution is 5.73. The van der Waals surface area contributed by atoms with Crippen LogP contribution in [0.1, 0.15) is 0 Å². The Kier molecular flexibility index (Phi) is 3.27. The number of nitrogens with zero attached hydrogens (tertiary/aromatic N) is 2. The molecule has 0 saturated heterocycles. The first kappa shape index (κ1) is 13.1. The van der Waals surface area contributed by atoms with Crippen molar-refractivity contribution in [2.75, 3.05) is 12.4 Å². The van der Waals surface area contributed by atoms with Crippen LogP contribution in [-0.4, -0.2) is 22.9 Å². The number of halogens is 1. The normalized spacial score (nSPS) is 10.6. The van der Waals surface area contributed by atoms with Crippen LogP contribution >= 0.6 is 0 Å². The lowest BCUT2D eigenvalue weighted by atomic mass is 10.1. The number of hydrogen-bond donors (Lipinski definition) is 1. The molecule has 106 valence electrons. The lowest BCUT2D eigenvalue weighted by Gasteiger charge is -2.09. The molecule has 0 unspecified atom stereocenters. The molecule has 0 radical (unpaired) electrons. The number of rotatable bonds is 4. The van der Waals surface area contributed by atoms with Gasteiger partial charge in [0.05, 0.1) is 13.3 Å². The molecule has 1 amide bonds. The molecule has 0 bridgehead atoms. The van der Waals surface area contributed by atoms with E-state index in [0.717, 1.165) is 5.56 Å². The minimum atomic E-state index is -0.413. The molecule has 0 atom stereocenters. The maximum absolute atomic E-state index is 13.8. The van der Waals surface area contributed by atoms with Crippen molar-refractivity contribution >= 4 is 17.9 Å². The minimum Gasteiger partial charge on any atom is -0.493 e. The van der Waals surface area contributed by atoms with Gasteiger partial charge in [0.2, 0.25) is 6.41 Å². The summed E-state index contributed by atoms with van der Waals surface area (Å²) in [7, 11) is 1.43. The van der Waals surface area contributed by atoms with Gasteiger partial charge in [-0.25, -0.2) is 9.37 Å². The number of para-hydroxylation sites is 1. The monoisotopic (exact) mass is 285 g/mol. The number of anilines is 1. The summed E-state index contributed by atoms with van der Waals surface area (Å²) in [6.45, 7) is 0. The molecule has 2 aromatic heterocycles. The van der Waals surface area contributed by atoms with Gasteiger partial charge < -0.3 is 14.5 Å². The molecule has 0 aliphatic rings. The van der Waals surface area contributed by atoms with Crippen molar-refractivity contribution < 1.29 is 13.9 Å². The number of pyridine rings is 1. The van der Waals surface area contributed by atoms with Crippen molar-refractivity contribution in [2.45, 2.75) is 0 Å². The molecule has 5 nitrogen and oxygen atoms in total. The van der Waals surface area contributed by atoms with Gasteiger partial charge in [-0.1, -0.05) is 12.1 Å². The lowest BCUT2D eigenvalue weighted by Crippen LogP contribution is -1.93. The molecular weight excluding hydrogens is 273 g/mol. The van der Waals surface area contributed by atoms with E-state index >= 15 is 0 Å². The topological polar surface area (TPSA) is 55.6 Å². The summed E-state index contributed by atoms with van der Waals surface area (Å²) >= 11 is 0. The summed E-state index contributed by atoms with van der Waals surface area (Å²) in [6.07, 6.45) is 4.05. The Morgan fingerprint density at radius 2 is 2.14 bits per heavy atom. The second-order valence-electron chi connectivity index (χ2n) is 4.39. The Bertz CT molecular complexity index is 814.